The van der Waals surface area contributed by atoms with Gasteiger partial charge in [0.25, 0.3) is 5.91 Å². The second-order valence-corrected chi connectivity index (χ2v) is 6.28. The third-order valence-corrected chi connectivity index (χ3v) is 4.52. The summed E-state index contributed by atoms with van der Waals surface area (Å²) in [5, 5.41) is 12.6. The highest BCUT2D eigenvalue weighted by Gasteiger charge is 2.19. The van der Waals surface area contributed by atoms with Crippen LogP contribution in [0, 0.1) is 11.3 Å². The summed E-state index contributed by atoms with van der Waals surface area (Å²) in [4.78, 5) is 16.4. The zero-order valence-electron chi connectivity index (χ0n) is 13.9. The molecule has 3 aromatic rings. The minimum Gasteiger partial charge on any atom is -0.456 e. The van der Waals surface area contributed by atoms with Crippen molar-refractivity contribution in [3.8, 4) is 17.6 Å². The molecule has 0 aliphatic carbocycles. The van der Waals surface area contributed by atoms with Gasteiger partial charge in [0.2, 0.25) is 0 Å². The lowest BCUT2D eigenvalue weighted by Crippen LogP contribution is -2.27. The van der Waals surface area contributed by atoms with Crippen LogP contribution in [0.3, 0.4) is 0 Å². The van der Waals surface area contributed by atoms with Crippen LogP contribution in [0.25, 0.3) is 0 Å². The van der Waals surface area contributed by atoms with Crippen LogP contribution in [-0.4, -0.2) is 10.9 Å². The van der Waals surface area contributed by atoms with Crippen molar-refractivity contribution in [2.45, 2.75) is 6.04 Å². The molecule has 0 bridgehead atoms. The van der Waals surface area contributed by atoms with E-state index in [1.165, 1.54) is 0 Å². The predicted octanol–water partition coefficient (Wildman–Crippen LogP) is 5.18. The molecule has 5 nitrogen and oxygen atoms in total. The van der Waals surface area contributed by atoms with Gasteiger partial charge in [-0.1, -0.05) is 35.3 Å². The zero-order valence-corrected chi connectivity index (χ0v) is 15.4. The average molecular weight is 398 g/mol. The first-order valence-electron chi connectivity index (χ1n) is 7.91. The van der Waals surface area contributed by atoms with Crippen molar-refractivity contribution in [1.29, 1.82) is 5.26 Å². The molecule has 0 aliphatic heterocycles. The van der Waals surface area contributed by atoms with Gasteiger partial charge in [0.05, 0.1) is 22.3 Å². The Labute approximate surface area is 166 Å². The minimum absolute atomic E-state index is 0.242. The molecule has 0 aliphatic rings. The van der Waals surface area contributed by atoms with Crippen molar-refractivity contribution in [3.05, 3.63) is 88.2 Å². The molecule has 0 radical (unpaired) electrons. The highest BCUT2D eigenvalue weighted by Crippen LogP contribution is 2.30. The Morgan fingerprint density at radius 3 is 2.52 bits per heavy atom. The summed E-state index contributed by atoms with van der Waals surface area (Å²) < 4.78 is 5.63. The minimum atomic E-state index is -0.921. The maximum atomic E-state index is 12.5. The number of rotatable bonds is 5. The van der Waals surface area contributed by atoms with Crippen LogP contribution in [0.1, 0.15) is 22.0 Å². The Morgan fingerprint density at radius 1 is 1.07 bits per heavy atom. The highest BCUT2D eigenvalue weighted by molar-refractivity contribution is 6.42. The Balaban J connectivity index is 1.72. The summed E-state index contributed by atoms with van der Waals surface area (Å²) in [6.45, 7) is 0. The van der Waals surface area contributed by atoms with Crippen molar-refractivity contribution in [3.63, 3.8) is 0 Å². The van der Waals surface area contributed by atoms with Crippen molar-refractivity contribution in [1.82, 2.24) is 10.3 Å². The van der Waals surface area contributed by atoms with Gasteiger partial charge in [-0.2, -0.15) is 5.26 Å². The normalized spacial score (nSPS) is 11.3. The van der Waals surface area contributed by atoms with Crippen LogP contribution in [0.5, 0.6) is 11.5 Å². The van der Waals surface area contributed by atoms with Gasteiger partial charge in [-0.3, -0.25) is 9.78 Å². The standard InChI is InChI=1S/C20H13Cl2N3O2/c21-17-5-1-4-16(19(17)22)18(11-23)25-20(26)13-6-8-14(9-7-13)27-15-3-2-10-24-12-15/h1-10,12,18H,(H,25,26). The SMILES string of the molecule is N#CC(NC(=O)c1ccc(Oc2cccnc2)cc1)c1cccc(Cl)c1Cl. The molecule has 1 N–H and O–H groups in total. The number of pyridine rings is 1. The van der Waals surface area contributed by atoms with Gasteiger partial charge in [-0.05, 0) is 42.5 Å². The van der Waals surface area contributed by atoms with E-state index in [1.807, 2.05) is 6.07 Å². The van der Waals surface area contributed by atoms with E-state index in [4.69, 9.17) is 27.9 Å². The molecule has 0 saturated carbocycles. The molecule has 1 atom stereocenters. The van der Waals surface area contributed by atoms with Crippen molar-refractivity contribution >= 4 is 29.1 Å². The molecule has 1 aromatic heterocycles. The summed E-state index contributed by atoms with van der Waals surface area (Å²) in [6.07, 6.45) is 3.24. The van der Waals surface area contributed by atoms with Crippen LogP contribution in [0.15, 0.2) is 67.0 Å². The topological polar surface area (TPSA) is 75.0 Å². The lowest BCUT2D eigenvalue weighted by molar-refractivity contribution is 0.0945. The van der Waals surface area contributed by atoms with E-state index in [1.54, 1.807) is 67.0 Å². The van der Waals surface area contributed by atoms with E-state index in [9.17, 15) is 10.1 Å². The number of benzene rings is 2. The Kier molecular flexibility index (Phi) is 5.92. The first-order valence-corrected chi connectivity index (χ1v) is 8.66. The number of carbonyl (C=O) groups excluding carboxylic acids is 1. The van der Waals surface area contributed by atoms with Crippen LogP contribution >= 0.6 is 23.2 Å². The third-order valence-electron chi connectivity index (χ3n) is 3.68. The fourth-order valence-electron chi connectivity index (χ4n) is 2.36. The molecule has 2 aromatic carbocycles. The monoisotopic (exact) mass is 397 g/mol. The van der Waals surface area contributed by atoms with Gasteiger partial charge in [0.1, 0.15) is 17.5 Å². The van der Waals surface area contributed by atoms with Gasteiger partial charge in [0.15, 0.2) is 0 Å². The molecular formula is C20H13Cl2N3O2. The average Bonchev–Trinajstić information content (AvgIpc) is 2.70. The molecule has 0 spiro atoms. The van der Waals surface area contributed by atoms with Crippen LogP contribution in [0.2, 0.25) is 10.0 Å². The molecule has 1 heterocycles. The summed E-state index contributed by atoms with van der Waals surface area (Å²) >= 11 is 12.1. The fourth-order valence-corrected chi connectivity index (χ4v) is 2.77. The summed E-state index contributed by atoms with van der Waals surface area (Å²) in [6, 6.07) is 16.1. The van der Waals surface area contributed by atoms with Gasteiger partial charge in [-0.15, -0.1) is 0 Å². The number of aromatic nitrogens is 1. The van der Waals surface area contributed by atoms with E-state index in [0.29, 0.717) is 27.6 Å². The fraction of sp³-hybridized carbons (Fsp3) is 0.0500. The Bertz CT molecular complexity index is 986. The Morgan fingerprint density at radius 2 is 1.85 bits per heavy atom. The second kappa shape index (κ2) is 8.54. The molecule has 3 rings (SSSR count). The number of carbonyl (C=O) groups is 1. The number of nitriles is 1. The molecule has 134 valence electrons. The summed E-state index contributed by atoms with van der Waals surface area (Å²) in [5.41, 5.74) is 0.823. The number of amides is 1. The van der Waals surface area contributed by atoms with Gasteiger partial charge >= 0.3 is 0 Å². The number of halogens is 2. The molecule has 0 fully saturated rings. The van der Waals surface area contributed by atoms with Gasteiger partial charge in [-0.25, -0.2) is 0 Å². The maximum absolute atomic E-state index is 12.5. The molecule has 0 saturated heterocycles. The Hall–Kier alpha value is -3.07. The van der Waals surface area contributed by atoms with E-state index in [0.717, 1.165) is 0 Å². The zero-order chi connectivity index (χ0) is 19.2. The van der Waals surface area contributed by atoms with Crippen LogP contribution < -0.4 is 10.1 Å². The van der Waals surface area contributed by atoms with Crippen molar-refractivity contribution in [2.75, 3.05) is 0 Å². The number of hydrogen-bond acceptors (Lipinski definition) is 4. The quantitative estimate of drug-likeness (QED) is 0.643. The number of ether oxygens (including phenoxy) is 1. The smallest absolute Gasteiger partial charge is 0.252 e. The molecule has 1 unspecified atom stereocenters. The van der Waals surface area contributed by atoms with Crippen LogP contribution in [-0.2, 0) is 0 Å². The largest absolute Gasteiger partial charge is 0.456 e. The summed E-state index contributed by atoms with van der Waals surface area (Å²) in [7, 11) is 0. The molecular weight excluding hydrogens is 385 g/mol. The molecule has 1 amide bonds. The van der Waals surface area contributed by atoms with Crippen molar-refractivity contribution < 1.29 is 9.53 Å². The summed E-state index contributed by atoms with van der Waals surface area (Å²) in [5.74, 6) is 0.745. The van der Waals surface area contributed by atoms with Gasteiger partial charge < -0.3 is 10.1 Å². The molecule has 27 heavy (non-hydrogen) atoms. The lowest BCUT2D eigenvalue weighted by atomic mass is 10.1. The maximum Gasteiger partial charge on any atom is 0.252 e. The lowest BCUT2D eigenvalue weighted by Gasteiger charge is -2.14. The number of nitrogens with zero attached hydrogens (tertiary/aromatic N) is 2. The number of hydrogen-bond donors (Lipinski definition) is 1. The van der Waals surface area contributed by atoms with E-state index < -0.39 is 11.9 Å². The third kappa shape index (κ3) is 4.56. The van der Waals surface area contributed by atoms with Crippen LogP contribution in [0.4, 0.5) is 0 Å². The highest BCUT2D eigenvalue weighted by atomic mass is 35.5. The predicted molar refractivity (Wildman–Crippen MR) is 103 cm³/mol. The van der Waals surface area contributed by atoms with E-state index in [2.05, 4.69) is 10.3 Å². The van der Waals surface area contributed by atoms with E-state index in [-0.39, 0.29) is 5.02 Å². The van der Waals surface area contributed by atoms with Crippen molar-refractivity contribution in [2.24, 2.45) is 0 Å². The number of nitrogens with one attached hydrogen (secondary N) is 1. The van der Waals surface area contributed by atoms with Gasteiger partial charge in [0, 0.05) is 17.3 Å². The van der Waals surface area contributed by atoms with E-state index >= 15 is 0 Å². The molecule has 7 heteroatoms. The second-order valence-electron chi connectivity index (χ2n) is 5.49. The first-order chi connectivity index (χ1) is 13.1. The first kappa shape index (κ1) is 18.7.